The van der Waals surface area contributed by atoms with Crippen LogP contribution in [0.4, 0.5) is 0 Å². The monoisotopic (exact) mass is 107 g/mol. The van der Waals surface area contributed by atoms with Gasteiger partial charge in [-0.15, -0.1) is 0 Å². The molecule has 1 radical (unpaired) electrons. The van der Waals surface area contributed by atoms with E-state index in [9.17, 15) is 0 Å². The van der Waals surface area contributed by atoms with Crippen molar-refractivity contribution in [1.29, 1.82) is 0 Å². The Balaban J connectivity index is 2.58. The maximum absolute atomic E-state index is 2.25. The third kappa shape index (κ3) is 1.22. The molecule has 8 heavy (non-hydrogen) atoms. The van der Waals surface area contributed by atoms with E-state index in [4.69, 9.17) is 0 Å². The second-order valence-corrected chi connectivity index (χ2v) is 2.33. The van der Waals surface area contributed by atoms with Crippen molar-refractivity contribution < 1.29 is 0 Å². The van der Waals surface area contributed by atoms with Gasteiger partial charge in [-0.1, -0.05) is 30.7 Å². The lowest BCUT2D eigenvalue weighted by Gasteiger charge is -2.06. The normalized spacial score (nSPS) is 21.0. The summed E-state index contributed by atoms with van der Waals surface area (Å²) in [5.41, 5.74) is 1.38. The van der Waals surface area contributed by atoms with Crippen LogP contribution < -0.4 is 0 Å². The molecule has 0 heteroatoms. The lowest BCUT2D eigenvalue weighted by Crippen LogP contribution is -1.88. The van der Waals surface area contributed by atoms with Crippen molar-refractivity contribution in [2.75, 3.05) is 0 Å². The van der Waals surface area contributed by atoms with Crippen LogP contribution in [0.25, 0.3) is 0 Å². The van der Waals surface area contributed by atoms with Crippen molar-refractivity contribution in [1.82, 2.24) is 0 Å². The zero-order chi connectivity index (χ0) is 5.98. The molecule has 0 saturated heterocycles. The fourth-order valence-electron chi connectivity index (χ4n) is 0.732. The van der Waals surface area contributed by atoms with Crippen molar-refractivity contribution in [3.63, 3.8) is 0 Å². The molecular formula is C8H11. The highest BCUT2D eigenvalue weighted by atomic mass is 14.0. The fourth-order valence-corrected chi connectivity index (χ4v) is 0.732. The Kier molecular flexibility index (Phi) is 1.52. The second-order valence-electron chi connectivity index (χ2n) is 2.33. The van der Waals surface area contributed by atoms with Crippen molar-refractivity contribution in [3.8, 4) is 0 Å². The summed E-state index contributed by atoms with van der Waals surface area (Å²) < 4.78 is 0. The molecule has 0 amide bonds. The van der Waals surface area contributed by atoms with Gasteiger partial charge in [-0.3, -0.25) is 0 Å². The maximum Gasteiger partial charge on any atom is -0.00173 e. The Morgan fingerprint density at radius 3 is 2.38 bits per heavy atom. The molecule has 0 nitrogen and oxygen atoms in total. The molecule has 0 bridgehead atoms. The van der Waals surface area contributed by atoms with Gasteiger partial charge in [0, 0.05) is 0 Å². The van der Waals surface area contributed by atoms with Crippen LogP contribution in [0.15, 0.2) is 23.8 Å². The first-order chi connectivity index (χ1) is 3.79. The molecule has 0 fully saturated rings. The quantitative estimate of drug-likeness (QED) is 0.446. The standard InChI is InChI=1S/C8H11/c1-7-3-5-8(2)6-4-7/h3-5H,6H2,1-2H3. The average molecular weight is 107 g/mol. The van der Waals surface area contributed by atoms with E-state index in [0.29, 0.717) is 0 Å². The minimum atomic E-state index is 1.14. The van der Waals surface area contributed by atoms with Gasteiger partial charge in [0.2, 0.25) is 0 Å². The summed E-state index contributed by atoms with van der Waals surface area (Å²) in [6.45, 7) is 4.28. The fraction of sp³-hybridized carbons (Fsp3) is 0.375. The zero-order valence-electron chi connectivity index (χ0n) is 5.44. The first-order valence-electron chi connectivity index (χ1n) is 2.96. The lowest BCUT2D eigenvalue weighted by molar-refractivity contribution is 1.04. The maximum atomic E-state index is 2.25. The molecule has 0 atom stereocenters. The zero-order valence-corrected chi connectivity index (χ0v) is 5.44. The summed E-state index contributed by atoms with van der Waals surface area (Å²) >= 11 is 0. The van der Waals surface area contributed by atoms with Crippen molar-refractivity contribution in [2.45, 2.75) is 20.3 Å². The molecule has 0 N–H and O–H groups in total. The highest BCUT2D eigenvalue weighted by molar-refractivity contribution is 5.28. The molecule has 0 heterocycles. The molecule has 1 aliphatic rings. The Hall–Kier alpha value is -0.520. The first kappa shape index (κ1) is 5.61. The molecular weight excluding hydrogens is 96.1 g/mol. The molecule has 43 valence electrons. The number of hydrogen-bond donors (Lipinski definition) is 0. The SMILES string of the molecule is C[C]1C=CC(C)=CC1. The van der Waals surface area contributed by atoms with Gasteiger partial charge < -0.3 is 0 Å². The van der Waals surface area contributed by atoms with E-state index in [1.165, 1.54) is 11.5 Å². The Labute approximate surface area is 50.9 Å². The van der Waals surface area contributed by atoms with E-state index in [2.05, 4.69) is 32.1 Å². The van der Waals surface area contributed by atoms with Crippen LogP contribution in [0.2, 0.25) is 0 Å². The smallest absolute Gasteiger partial charge is 0.00173 e. The van der Waals surface area contributed by atoms with Gasteiger partial charge in [0.25, 0.3) is 0 Å². The summed E-state index contributed by atoms with van der Waals surface area (Å²) in [6, 6.07) is 0. The second kappa shape index (κ2) is 2.17. The topological polar surface area (TPSA) is 0 Å². The molecule has 0 saturated carbocycles. The van der Waals surface area contributed by atoms with E-state index in [0.717, 1.165) is 6.42 Å². The van der Waals surface area contributed by atoms with Crippen LogP contribution in [0.5, 0.6) is 0 Å². The molecule has 0 aromatic rings. The van der Waals surface area contributed by atoms with Crippen LogP contribution in [0.3, 0.4) is 0 Å². The predicted octanol–water partition coefficient (Wildman–Crippen LogP) is 2.49. The highest BCUT2D eigenvalue weighted by Gasteiger charge is 1.98. The van der Waals surface area contributed by atoms with Crippen LogP contribution in [-0.2, 0) is 0 Å². The molecule has 1 aliphatic carbocycles. The van der Waals surface area contributed by atoms with Crippen molar-refractivity contribution in [3.05, 3.63) is 29.7 Å². The summed E-state index contributed by atoms with van der Waals surface area (Å²) in [6.07, 6.45) is 7.71. The van der Waals surface area contributed by atoms with Gasteiger partial charge in [0.05, 0.1) is 0 Å². The molecule has 0 aromatic carbocycles. The number of hydrogen-bond acceptors (Lipinski definition) is 0. The Morgan fingerprint density at radius 2 is 2.00 bits per heavy atom. The van der Waals surface area contributed by atoms with Gasteiger partial charge in [-0.25, -0.2) is 0 Å². The van der Waals surface area contributed by atoms with Crippen LogP contribution in [-0.4, -0.2) is 0 Å². The largest absolute Gasteiger partial charge is 0.0807 e. The van der Waals surface area contributed by atoms with E-state index in [1.54, 1.807) is 0 Å². The van der Waals surface area contributed by atoms with E-state index in [-0.39, 0.29) is 0 Å². The lowest BCUT2D eigenvalue weighted by atomic mass is 10.00. The van der Waals surface area contributed by atoms with Crippen LogP contribution >= 0.6 is 0 Å². The molecule has 0 spiro atoms. The molecule has 0 aliphatic heterocycles. The molecule has 0 aromatic heterocycles. The summed E-state index contributed by atoms with van der Waals surface area (Å²) in [4.78, 5) is 0. The van der Waals surface area contributed by atoms with E-state index in [1.807, 2.05) is 0 Å². The predicted molar refractivity (Wildman–Crippen MR) is 36.4 cm³/mol. The third-order valence-corrected chi connectivity index (χ3v) is 1.38. The Morgan fingerprint density at radius 1 is 1.25 bits per heavy atom. The summed E-state index contributed by atoms with van der Waals surface area (Å²) in [7, 11) is 0. The van der Waals surface area contributed by atoms with Gasteiger partial charge in [-0.05, 0) is 19.3 Å². The first-order valence-corrected chi connectivity index (χ1v) is 2.96. The minimum Gasteiger partial charge on any atom is -0.0807 e. The highest BCUT2D eigenvalue weighted by Crippen LogP contribution is 2.15. The summed E-state index contributed by atoms with van der Waals surface area (Å²) in [5.74, 6) is 1.45. The Bertz CT molecular complexity index is 129. The van der Waals surface area contributed by atoms with Gasteiger partial charge >= 0.3 is 0 Å². The summed E-state index contributed by atoms with van der Waals surface area (Å²) in [5, 5.41) is 0. The van der Waals surface area contributed by atoms with Gasteiger partial charge in [0.1, 0.15) is 0 Å². The van der Waals surface area contributed by atoms with Crippen LogP contribution in [0.1, 0.15) is 20.3 Å². The molecule has 0 unspecified atom stereocenters. The van der Waals surface area contributed by atoms with Gasteiger partial charge in [0.15, 0.2) is 0 Å². The van der Waals surface area contributed by atoms with Crippen molar-refractivity contribution in [2.24, 2.45) is 0 Å². The third-order valence-electron chi connectivity index (χ3n) is 1.38. The van der Waals surface area contributed by atoms with E-state index < -0.39 is 0 Å². The molecule has 1 rings (SSSR count). The minimum absolute atomic E-state index is 1.14. The van der Waals surface area contributed by atoms with E-state index >= 15 is 0 Å². The van der Waals surface area contributed by atoms with Crippen LogP contribution in [0, 0.1) is 5.92 Å². The number of rotatable bonds is 0. The average Bonchev–Trinajstić information content (AvgIpc) is 1.77. The van der Waals surface area contributed by atoms with Crippen molar-refractivity contribution >= 4 is 0 Å². The number of allylic oxidation sites excluding steroid dienone is 4. The van der Waals surface area contributed by atoms with Gasteiger partial charge in [-0.2, -0.15) is 0 Å².